The summed E-state index contributed by atoms with van der Waals surface area (Å²) >= 11 is 0. The zero-order valence-corrected chi connectivity index (χ0v) is 24.2. The molecule has 1 aliphatic rings. The van der Waals surface area contributed by atoms with Crippen molar-refractivity contribution < 1.29 is 28.5 Å². The number of rotatable bonds is 10. The third-order valence-corrected chi connectivity index (χ3v) is 7.66. The molecule has 1 aromatic carbocycles. The maximum Gasteiger partial charge on any atom is 0.220 e. The Hall–Kier alpha value is -3.68. The van der Waals surface area contributed by atoms with Gasteiger partial charge >= 0.3 is 0 Å². The lowest BCUT2D eigenvalue weighted by molar-refractivity contribution is 0.0944. The van der Waals surface area contributed by atoms with Crippen molar-refractivity contribution in [3.8, 4) is 11.5 Å². The summed E-state index contributed by atoms with van der Waals surface area (Å²) < 4.78 is 52.4. The van der Waals surface area contributed by atoms with Crippen molar-refractivity contribution in [2.24, 2.45) is 5.10 Å². The van der Waals surface area contributed by atoms with Gasteiger partial charge in [0.15, 0.2) is 23.7 Å². The van der Waals surface area contributed by atoms with Crippen LogP contribution >= 0.6 is 0 Å². The molecule has 1 unspecified atom stereocenters. The fourth-order valence-corrected chi connectivity index (χ4v) is 5.19. The zero-order chi connectivity index (χ0) is 28.7. The molecule has 0 saturated heterocycles. The summed E-state index contributed by atoms with van der Waals surface area (Å²) in [6.45, 7) is 9.18. The van der Waals surface area contributed by atoms with Gasteiger partial charge < -0.3 is 18.6 Å². The Morgan fingerprint density at radius 1 is 1.05 bits per heavy atom. The van der Waals surface area contributed by atoms with Crippen LogP contribution in [-0.4, -0.2) is 57.1 Å². The van der Waals surface area contributed by atoms with Crippen LogP contribution in [0.15, 0.2) is 52.2 Å². The molecule has 13 heteroatoms. The molecule has 1 aliphatic heterocycles. The van der Waals surface area contributed by atoms with Gasteiger partial charge in [0.25, 0.3) is 0 Å². The Balaban J connectivity index is 0.00000183. The molecule has 0 spiro atoms. The predicted octanol–water partition coefficient (Wildman–Crippen LogP) is 3.73. The number of anilines is 1. The molecule has 0 fully saturated rings. The van der Waals surface area contributed by atoms with Gasteiger partial charge in [-0.2, -0.15) is 9.82 Å². The number of aromatic nitrogens is 2. The molecule has 2 aromatic heterocycles. The van der Waals surface area contributed by atoms with Crippen molar-refractivity contribution in [1.29, 1.82) is 0 Å². The van der Waals surface area contributed by atoms with Crippen LogP contribution in [-0.2, 0) is 14.8 Å². The van der Waals surface area contributed by atoms with E-state index in [0.717, 1.165) is 5.56 Å². The first-order chi connectivity index (χ1) is 18.7. The Bertz CT molecular complexity index is 1360. The van der Waals surface area contributed by atoms with E-state index in [9.17, 15) is 8.42 Å². The molecule has 0 saturated carbocycles. The first-order valence-electron chi connectivity index (χ1n) is 12.4. The Morgan fingerprint density at radius 3 is 2.18 bits per heavy atom. The molecule has 214 valence electrons. The van der Waals surface area contributed by atoms with Crippen molar-refractivity contribution in [2.75, 3.05) is 26.2 Å². The average molecular weight is 563 g/mol. The standard InChI is InChI=1S/C24H30N6O6S.C2H6.H2/c1-14-12-25-22(26-13-14)21(35-6)16(3)37(31,32)29-24-28-27-23(19-11-10-15(2)36-19)30(24)20-17(33-4)8-7-9-18(20)34-5;1-2;/h7-13,16,21,24,28-29H,1-6H3;1-2H3;1H/t16-,21+,24?;;/m0../s1. The molecule has 2 N–H and O–H groups in total. The van der Waals surface area contributed by atoms with E-state index in [1.807, 2.05) is 20.8 Å². The quantitative estimate of drug-likeness (QED) is 0.376. The zero-order valence-electron chi connectivity index (χ0n) is 23.4. The number of amidine groups is 1. The second-order valence-corrected chi connectivity index (χ2v) is 10.5. The maximum atomic E-state index is 13.6. The number of benzene rings is 1. The minimum absolute atomic E-state index is 0. The van der Waals surface area contributed by atoms with Crippen LogP contribution in [0.1, 0.15) is 51.2 Å². The predicted molar refractivity (Wildman–Crippen MR) is 150 cm³/mol. The van der Waals surface area contributed by atoms with E-state index in [2.05, 4.69) is 25.2 Å². The lowest BCUT2D eigenvalue weighted by Crippen LogP contribution is -2.55. The third kappa shape index (κ3) is 6.32. The highest BCUT2D eigenvalue weighted by Crippen LogP contribution is 2.40. The van der Waals surface area contributed by atoms with E-state index >= 15 is 0 Å². The normalized spacial score (nSPS) is 16.5. The van der Waals surface area contributed by atoms with Gasteiger partial charge in [-0.1, -0.05) is 19.9 Å². The summed E-state index contributed by atoms with van der Waals surface area (Å²) in [7, 11) is 0.409. The largest absolute Gasteiger partial charge is 0.494 e. The SMILES string of the molecule is CC.COc1cccc(OC)c1N1C(c2ccc(C)o2)=NNC1NS(=O)(=O)[C@@H](C)[C@@H](OC)c1ncc(C)cn1.[HH]. The molecular formula is C26H38N6O6S. The molecule has 0 radical (unpaired) electrons. The molecule has 0 bridgehead atoms. The fourth-order valence-electron chi connectivity index (χ4n) is 3.95. The van der Waals surface area contributed by atoms with Crippen molar-refractivity contribution in [3.63, 3.8) is 0 Å². The van der Waals surface area contributed by atoms with E-state index in [1.165, 1.54) is 28.3 Å². The number of ether oxygens (including phenoxy) is 3. The second kappa shape index (κ2) is 12.9. The van der Waals surface area contributed by atoms with Crippen LogP contribution in [0.3, 0.4) is 0 Å². The molecule has 0 amide bonds. The summed E-state index contributed by atoms with van der Waals surface area (Å²) in [5.74, 6) is 2.58. The number of furan rings is 1. The Kier molecular flexibility index (Phi) is 9.89. The lowest BCUT2D eigenvalue weighted by Gasteiger charge is -2.31. The van der Waals surface area contributed by atoms with Crippen LogP contribution in [0.4, 0.5) is 5.69 Å². The van der Waals surface area contributed by atoms with Gasteiger partial charge in [-0.25, -0.2) is 18.4 Å². The van der Waals surface area contributed by atoms with Crippen LogP contribution in [0, 0.1) is 13.8 Å². The number of hydrogen-bond acceptors (Lipinski definition) is 11. The van der Waals surface area contributed by atoms with E-state index in [-0.39, 0.29) is 7.25 Å². The second-order valence-electron chi connectivity index (χ2n) is 8.40. The molecular weight excluding hydrogens is 524 g/mol. The van der Waals surface area contributed by atoms with Crippen molar-refractivity contribution in [2.45, 2.75) is 52.3 Å². The maximum absolute atomic E-state index is 13.6. The summed E-state index contributed by atoms with van der Waals surface area (Å²) in [6, 6.07) is 8.79. The third-order valence-electron chi connectivity index (χ3n) is 5.88. The van der Waals surface area contributed by atoms with Crippen LogP contribution in [0.5, 0.6) is 11.5 Å². The number of sulfonamides is 1. The first-order valence-corrected chi connectivity index (χ1v) is 14.0. The molecule has 12 nitrogen and oxygen atoms in total. The monoisotopic (exact) mass is 562 g/mol. The van der Waals surface area contributed by atoms with E-state index in [4.69, 9.17) is 18.6 Å². The van der Waals surface area contributed by atoms with Gasteiger partial charge in [-0.3, -0.25) is 10.3 Å². The minimum Gasteiger partial charge on any atom is -0.494 e. The molecule has 3 atom stereocenters. The molecule has 39 heavy (non-hydrogen) atoms. The van der Waals surface area contributed by atoms with Crippen molar-refractivity contribution in [1.82, 2.24) is 20.1 Å². The van der Waals surface area contributed by atoms with Crippen molar-refractivity contribution >= 4 is 21.5 Å². The topological polar surface area (TPSA) is 140 Å². The van der Waals surface area contributed by atoms with Gasteiger partial charge in [0.2, 0.25) is 10.0 Å². The van der Waals surface area contributed by atoms with E-state index in [0.29, 0.717) is 34.5 Å². The highest BCUT2D eigenvalue weighted by atomic mass is 32.2. The van der Waals surface area contributed by atoms with Gasteiger partial charge in [0.1, 0.15) is 34.3 Å². The Morgan fingerprint density at radius 2 is 1.67 bits per heavy atom. The number of hydrazone groups is 1. The molecule has 4 rings (SSSR count). The van der Waals surface area contributed by atoms with Crippen LogP contribution in [0.25, 0.3) is 0 Å². The highest BCUT2D eigenvalue weighted by molar-refractivity contribution is 7.90. The van der Waals surface area contributed by atoms with Gasteiger partial charge in [-0.05, 0) is 50.6 Å². The number of nitrogens with one attached hydrogen (secondary N) is 2. The smallest absolute Gasteiger partial charge is 0.220 e. The Labute approximate surface area is 230 Å². The summed E-state index contributed by atoms with van der Waals surface area (Å²) in [4.78, 5) is 10.1. The van der Waals surface area contributed by atoms with Gasteiger partial charge in [0, 0.05) is 20.9 Å². The van der Waals surface area contributed by atoms with E-state index in [1.54, 1.807) is 54.5 Å². The number of nitrogens with zero attached hydrogens (tertiary/aromatic N) is 4. The first kappa shape index (κ1) is 29.9. The van der Waals surface area contributed by atoms with Crippen LogP contribution < -0.4 is 24.5 Å². The summed E-state index contributed by atoms with van der Waals surface area (Å²) in [6.07, 6.45) is 1.26. The van der Waals surface area contributed by atoms with E-state index < -0.39 is 27.7 Å². The summed E-state index contributed by atoms with van der Waals surface area (Å²) in [5.41, 5.74) is 4.16. The molecule has 0 aliphatic carbocycles. The van der Waals surface area contributed by atoms with Crippen LogP contribution in [0.2, 0.25) is 0 Å². The summed E-state index contributed by atoms with van der Waals surface area (Å²) in [5, 5.41) is 3.33. The van der Waals surface area contributed by atoms with Gasteiger partial charge in [-0.15, -0.1) is 0 Å². The number of para-hydroxylation sites is 1. The van der Waals surface area contributed by atoms with Gasteiger partial charge in [0.05, 0.1) is 14.2 Å². The highest BCUT2D eigenvalue weighted by Gasteiger charge is 2.41. The lowest BCUT2D eigenvalue weighted by atomic mass is 10.2. The molecule has 3 heterocycles. The number of methoxy groups -OCH3 is 3. The average Bonchev–Trinajstić information content (AvgIpc) is 3.55. The van der Waals surface area contributed by atoms with Crippen molar-refractivity contribution in [3.05, 3.63) is 65.6 Å². The molecule has 3 aromatic rings. The fraction of sp³-hybridized carbons (Fsp3) is 0.423. The minimum atomic E-state index is -4.04. The number of hydrogen-bond donors (Lipinski definition) is 2. The number of aryl methyl sites for hydroxylation is 2.